The minimum absolute atomic E-state index is 0.419. The van der Waals surface area contributed by atoms with Crippen LogP contribution in [0.3, 0.4) is 0 Å². The topological polar surface area (TPSA) is 30.3 Å². The maximum atomic E-state index is 8.92. The van der Waals surface area contributed by atoms with Gasteiger partial charge in [-0.05, 0) is 18.9 Å². The lowest BCUT2D eigenvalue weighted by molar-refractivity contribution is 0.165. The van der Waals surface area contributed by atoms with Crippen molar-refractivity contribution in [2.24, 2.45) is 11.8 Å². The third-order valence-electron chi connectivity index (χ3n) is 3.13. The molecule has 0 spiro atoms. The van der Waals surface area contributed by atoms with Crippen molar-refractivity contribution in [3.05, 3.63) is 0 Å². The fourth-order valence-corrected chi connectivity index (χ4v) is 2.68. The highest BCUT2D eigenvalue weighted by Crippen LogP contribution is 2.16. The maximum Gasteiger partial charge on any atom is 0.0638 e. The van der Waals surface area contributed by atoms with Gasteiger partial charge in [-0.1, -0.05) is 20.8 Å². The second-order valence-electron chi connectivity index (χ2n) is 5.69. The molecule has 16 heavy (non-hydrogen) atoms. The van der Waals surface area contributed by atoms with Crippen molar-refractivity contribution in [1.82, 2.24) is 9.80 Å². The van der Waals surface area contributed by atoms with Gasteiger partial charge in [-0.2, -0.15) is 5.26 Å². The van der Waals surface area contributed by atoms with E-state index in [1.807, 2.05) is 0 Å². The van der Waals surface area contributed by atoms with Crippen molar-refractivity contribution in [1.29, 1.82) is 5.26 Å². The molecule has 2 unspecified atom stereocenters. The monoisotopic (exact) mass is 223 g/mol. The van der Waals surface area contributed by atoms with Gasteiger partial charge in [0, 0.05) is 32.2 Å². The molecule has 1 saturated heterocycles. The van der Waals surface area contributed by atoms with Crippen molar-refractivity contribution in [3.63, 3.8) is 0 Å². The summed E-state index contributed by atoms with van der Waals surface area (Å²) in [5.41, 5.74) is 0. The predicted octanol–water partition coefficient (Wildman–Crippen LogP) is 1.81. The first kappa shape index (κ1) is 13.5. The Hall–Kier alpha value is -0.590. The van der Waals surface area contributed by atoms with Gasteiger partial charge >= 0.3 is 0 Å². The second-order valence-corrected chi connectivity index (χ2v) is 5.69. The van der Waals surface area contributed by atoms with E-state index in [0.717, 1.165) is 26.2 Å². The Morgan fingerprint density at radius 3 is 2.56 bits per heavy atom. The van der Waals surface area contributed by atoms with Gasteiger partial charge in [-0.15, -0.1) is 0 Å². The molecular weight excluding hydrogens is 198 g/mol. The third kappa shape index (κ3) is 4.11. The van der Waals surface area contributed by atoms with Crippen LogP contribution in [-0.4, -0.2) is 49.1 Å². The van der Waals surface area contributed by atoms with E-state index in [9.17, 15) is 0 Å². The first-order chi connectivity index (χ1) is 7.52. The summed E-state index contributed by atoms with van der Waals surface area (Å²) in [4.78, 5) is 4.88. The van der Waals surface area contributed by atoms with E-state index in [1.54, 1.807) is 0 Å². The van der Waals surface area contributed by atoms with Gasteiger partial charge in [0.2, 0.25) is 0 Å². The Bertz CT molecular complexity index is 244. The van der Waals surface area contributed by atoms with Crippen molar-refractivity contribution in [3.8, 4) is 6.07 Å². The Morgan fingerprint density at radius 2 is 2.00 bits per heavy atom. The van der Waals surface area contributed by atoms with Crippen LogP contribution >= 0.6 is 0 Å². The molecule has 3 heteroatoms. The molecule has 1 aliphatic heterocycles. The molecule has 0 amide bonds. The molecule has 0 aromatic heterocycles. The van der Waals surface area contributed by atoms with E-state index < -0.39 is 0 Å². The van der Waals surface area contributed by atoms with Crippen LogP contribution in [-0.2, 0) is 0 Å². The van der Waals surface area contributed by atoms with Crippen molar-refractivity contribution < 1.29 is 0 Å². The number of hydrogen-bond acceptors (Lipinski definition) is 3. The predicted molar refractivity (Wildman–Crippen MR) is 67.1 cm³/mol. The number of hydrogen-bond donors (Lipinski definition) is 0. The molecule has 1 aliphatic rings. The van der Waals surface area contributed by atoms with Crippen LogP contribution in [0.5, 0.6) is 0 Å². The van der Waals surface area contributed by atoms with E-state index >= 15 is 0 Å². The first-order valence-corrected chi connectivity index (χ1v) is 6.32. The zero-order chi connectivity index (χ0) is 12.1. The van der Waals surface area contributed by atoms with Crippen LogP contribution in [0.4, 0.5) is 0 Å². The standard InChI is InChI=1S/C13H25N3/c1-11(2)7-16-9-12(3)8-15(4)10-13(16)5-6-14/h11-13H,5,7-10H2,1-4H3. The zero-order valence-corrected chi connectivity index (χ0v) is 11.1. The molecule has 0 aromatic rings. The fraction of sp³-hybridized carbons (Fsp3) is 0.923. The average Bonchev–Trinajstić information content (AvgIpc) is 2.25. The Kier molecular flexibility index (Phi) is 5.24. The molecule has 2 atom stereocenters. The molecular formula is C13H25N3. The van der Waals surface area contributed by atoms with Crippen LogP contribution in [0.1, 0.15) is 27.2 Å². The van der Waals surface area contributed by atoms with E-state index in [0.29, 0.717) is 24.3 Å². The lowest BCUT2D eigenvalue weighted by atomic mass is 10.1. The molecule has 3 nitrogen and oxygen atoms in total. The highest BCUT2D eigenvalue weighted by Gasteiger charge is 2.26. The number of rotatable bonds is 3. The quantitative estimate of drug-likeness (QED) is 0.731. The molecule has 0 aliphatic carbocycles. The lowest BCUT2D eigenvalue weighted by Crippen LogP contribution is -2.42. The minimum atomic E-state index is 0.419. The van der Waals surface area contributed by atoms with E-state index in [4.69, 9.17) is 5.26 Å². The Morgan fingerprint density at radius 1 is 1.31 bits per heavy atom. The maximum absolute atomic E-state index is 8.92. The van der Waals surface area contributed by atoms with Crippen molar-refractivity contribution in [2.45, 2.75) is 33.2 Å². The molecule has 92 valence electrons. The molecule has 1 heterocycles. The van der Waals surface area contributed by atoms with E-state index in [2.05, 4.69) is 43.7 Å². The lowest BCUT2D eigenvalue weighted by Gasteiger charge is -2.31. The van der Waals surface area contributed by atoms with Gasteiger partial charge < -0.3 is 4.90 Å². The molecule has 0 N–H and O–H groups in total. The van der Waals surface area contributed by atoms with Crippen molar-refractivity contribution in [2.75, 3.05) is 33.2 Å². The SMILES string of the molecule is CC(C)CN1CC(C)CN(C)CC1CC#N. The third-order valence-corrected chi connectivity index (χ3v) is 3.13. The molecule has 1 rings (SSSR count). The summed E-state index contributed by atoms with van der Waals surface area (Å²) in [6, 6.07) is 2.75. The fourth-order valence-electron chi connectivity index (χ4n) is 2.68. The van der Waals surface area contributed by atoms with E-state index in [-0.39, 0.29) is 0 Å². The first-order valence-electron chi connectivity index (χ1n) is 6.32. The molecule has 0 bridgehead atoms. The largest absolute Gasteiger partial charge is 0.304 e. The zero-order valence-electron chi connectivity index (χ0n) is 11.1. The smallest absolute Gasteiger partial charge is 0.0638 e. The average molecular weight is 223 g/mol. The number of nitriles is 1. The normalized spacial score (nSPS) is 29.0. The van der Waals surface area contributed by atoms with Crippen LogP contribution in [0, 0.1) is 23.2 Å². The van der Waals surface area contributed by atoms with Crippen molar-refractivity contribution >= 4 is 0 Å². The summed E-state index contributed by atoms with van der Waals surface area (Å²) in [7, 11) is 2.17. The second kappa shape index (κ2) is 6.22. The van der Waals surface area contributed by atoms with Gasteiger partial charge in [-0.25, -0.2) is 0 Å². The van der Waals surface area contributed by atoms with Gasteiger partial charge in [-0.3, -0.25) is 4.90 Å². The highest BCUT2D eigenvalue weighted by molar-refractivity contribution is 4.88. The van der Waals surface area contributed by atoms with Gasteiger partial charge in [0.25, 0.3) is 0 Å². The molecule has 1 fully saturated rings. The molecule has 0 saturated carbocycles. The van der Waals surface area contributed by atoms with Crippen LogP contribution in [0.2, 0.25) is 0 Å². The van der Waals surface area contributed by atoms with Crippen LogP contribution < -0.4 is 0 Å². The number of likely N-dealkylation sites (N-methyl/N-ethyl adjacent to an activating group) is 1. The van der Waals surface area contributed by atoms with Crippen LogP contribution in [0.25, 0.3) is 0 Å². The van der Waals surface area contributed by atoms with Crippen LogP contribution in [0.15, 0.2) is 0 Å². The summed E-state index contributed by atoms with van der Waals surface area (Å²) in [5.74, 6) is 1.38. The molecule has 0 radical (unpaired) electrons. The summed E-state index contributed by atoms with van der Waals surface area (Å²) in [5, 5.41) is 8.92. The van der Waals surface area contributed by atoms with Gasteiger partial charge in [0.1, 0.15) is 0 Å². The Labute approximate surface area is 100 Å². The highest BCUT2D eigenvalue weighted by atomic mass is 15.2. The van der Waals surface area contributed by atoms with Gasteiger partial charge in [0.05, 0.1) is 12.5 Å². The molecule has 0 aromatic carbocycles. The van der Waals surface area contributed by atoms with Gasteiger partial charge in [0.15, 0.2) is 0 Å². The van der Waals surface area contributed by atoms with E-state index in [1.165, 1.54) is 0 Å². The number of nitrogens with zero attached hydrogens (tertiary/aromatic N) is 3. The Balaban J connectivity index is 2.69. The minimum Gasteiger partial charge on any atom is -0.304 e. The summed E-state index contributed by atoms with van der Waals surface area (Å²) < 4.78 is 0. The summed E-state index contributed by atoms with van der Waals surface area (Å²) >= 11 is 0. The summed E-state index contributed by atoms with van der Waals surface area (Å²) in [6.07, 6.45) is 0.657. The summed E-state index contributed by atoms with van der Waals surface area (Å²) in [6.45, 7) is 11.2.